The number of aromatic nitrogens is 1. The quantitative estimate of drug-likeness (QED) is 0.385. The SMILES string of the molecule is CCc1ccccc1NC(=S)N(CCCN1CCOCC1)Cc1cc2cc(OC)c(OC)cc2[nH]c1=O. The van der Waals surface area contributed by atoms with E-state index in [1.165, 1.54) is 5.56 Å². The molecule has 1 aliphatic heterocycles. The Hall–Kier alpha value is -3.14. The van der Waals surface area contributed by atoms with Gasteiger partial charge in [0.15, 0.2) is 16.6 Å². The Morgan fingerprint density at radius 1 is 1.11 bits per heavy atom. The van der Waals surface area contributed by atoms with E-state index in [1.54, 1.807) is 20.3 Å². The first-order chi connectivity index (χ1) is 18.0. The molecule has 198 valence electrons. The highest BCUT2D eigenvalue weighted by atomic mass is 32.1. The molecule has 0 radical (unpaired) electrons. The lowest BCUT2D eigenvalue weighted by molar-refractivity contribution is 0.0367. The number of benzene rings is 2. The van der Waals surface area contributed by atoms with Gasteiger partial charge < -0.3 is 29.4 Å². The van der Waals surface area contributed by atoms with E-state index in [9.17, 15) is 4.79 Å². The Morgan fingerprint density at radius 2 is 1.84 bits per heavy atom. The van der Waals surface area contributed by atoms with Gasteiger partial charge in [0, 0.05) is 48.9 Å². The number of pyridine rings is 1. The molecule has 2 heterocycles. The van der Waals surface area contributed by atoms with Crippen molar-refractivity contribution in [1.29, 1.82) is 0 Å². The van der Waals surface area contributed by atoms with Crippen LogP contribution in [-0.2, 0) is 17.7 Å². The molecule has 1 saturated heterocycles. The normalized spacial score (nSPS) is 13.9. The molecule has 8 nitrogen and oxygen atoms in total. The smallest absolute Gasteiger partial charge is 0.253 e. The van der Waals surface area contributed by atoms with E-state index in [-0.39, 0.29) is 5.56 Å². The second kappa shape index (κ2) is 12.9. The zero-order valence-corrected chi connectivity index (χ0v) is 22.7. The number of para-hydroxylation sites is 1. The van der Waals surface area contributed by atoms with Crippen LogP contribution < -0.4 is 20.3 Å². The van der Waals surface area contributed by atoms with Crippen molar-refractivity contribution < 1.29 is 14.2 Å². The summed E-state index contributed by atoms with van der Waals surface area (Å²) in [6.45, 7) is 7.64. The second-order valence-electron chi connectivity index (χ2n) is 9.09. The molecule has 0 unspecified atom stereocenters. The molecule has 0 atom stereocenters. The molecule has 1 aliphatic rings. The summed E-state index contributed by atoms with van der Waals surface area (Å²) in [5.41, 5.74) is 3.39. The van der Waals surface area contributed by atoms with Gasteiger partial charge in [-0.05, 0) is 48.8 Å². The predicted molar refractivity (Wildman–Crippen MR) is 152 cm³/mol. The van der Waals surface area contributed by atoms with Gasteiger partial charge >= 0.3 is 0 Å². The molecule has 3 aromatic rings. The predicted octanol–water partition coefficient (Wildman–Crippen LogP) is 4.03. The molecule has 9 heteroatoms. The third kappa shape index (κ3) is 6.80. The van der Waals surface area contributed by atoms with Gasteiger partial charge in [-0.2, -0.15) is 0 Å². The first-order valence-corrected chi connectivity index (χ1v) is 13.1. The van der Waals surface area contributed by atoms with Crippen molar-refractivity contribution in [2.45, 2.75) is 26.3 Å². The average Bonchev–Trinajstić information content (AvgIpc) is 2.92. The highest BCUT2D eigenvalue weighted by Crippen LogP contribution is 2.31. The van der Waals surface area contributed by atoms with E-state index in [0.29, 0.717) is 34.2 Å². The van der Waals surface area contributed by atoms with Crippen LogP contribution in [0.25, 0.3) is 10.9 Å². The van der Waals surface area contributed by atoms with Gasteiger partial charge in [-0.25, -0.2) is 0 Å². The number of hydrogen-bond acceptors (Lipinski definition) is 6. The zero-order valence-electron chi connectivity index (χ0n) is 21.8. The number of nitrogens with zero attached hydrogens (tertiary/aromatic N) is 2. The van der Waals surface area contributed by atoms with E-state index in [0.717, 1.165) is 63.3 Å². The zero-order chi connectivity index (χ0) is 26.2. The summed E-state index contributed by atoms with van der Waals surface area (Å²) in [5, 5.41) is 4.91. The molecular formula is C28H36N4O4S. The molecule has 0 saturated carbocycles. The third-order valence-electron chi connectivity index (χ3n) is 6.72. The molecule has 2 N–H and O–H groups in total. The van der Waals surface area contributed by atoms with Gasteiger partial charge in [-0.3, -0.25) is 9.69 Å². The number of aryl methyl sites for hydroxylation is 1. The minimum Gasteiger partial charge on any atom is -0.493 e. The molecule has 0 amide bonds. The average molecular weight is 525 g/mol. The minimum absolute atomic E-state index is 0.144. The van der Waals surface area contributed by atoms with E-state index >= 15 is 0 Å². The maximum Gasteiger partial charge on any atom is 0.253 e. The Labute approximate surface area is 223 Å². The molecule has 1 fully saturated rings. The van der Waals surface area contributed by atoms with Crippen molar-refractivity contribution in [2.24, 2.45) is 0 Å². The van der Waals surface area contributed by atoms with Crippen molar-refractivity contribution in [2.75, 3.05) is 58.9 Å². The van der Waals surface area contributed by atoms with Gasteiger partial charge in [0.2, 0.25) is 0 Å². The summed E-state index contributed by atoms with van der Waals surface area (Å²) in [7, 11) is 3.18. The Kier molecular flexibility index (Phi) is 9.38. The lowest BCUT2D eigenvalue weighted by Crippen LogP contribution is -2.40. The van der Waals surface area contributed by atoms with Gasteiger partial charge in [0.05, 0.1) is 39.5 Å². The Morgan fingerprint density at radius 3 is 2.57 bits per heavy atom. The third-order valence-corrected chi connectivity index (χ3v) is 7.08. The van der Waals surface area contributed by atoms with Gasteiger partial charge in [-0.15, -0.1) is 0 Å². The van der Waals surface area contributed by atoms with Crippen molar-refractivity contribution in [1.82, 2.24) is 14.8 Å². The number of aromatic amines is 1. The summed E-state index contributed by atoms with van der Waals surface area (Å²) in [6.07, 6.45) is 1.83. The number of nitrogens with one attached hydrogen (secondary N) is 2. The summed E-state index contributed by atoms with van der Waals surface area (Å²) in [6, 6.07) is 13.8. The minimum atomic E-state index is -0.144. The van der Waals surface area contributed by atoms with Crippen LogP contribution in [0.1, 0.15) is 24.5 Å². The number of thiocarbonyl (C=S) groups is 1. The molecular weight excluding hydrogens is 488 g/mol. The highest BCUT2D eigenvalue weighted by molar-refractivity contribution is 7.80. The van der Waals surface area contributed by atoms with E-state index in [1.807, 2.05) is 30.3 Å². The monoisotopic (exact) mass is 524 g/mol. The number of ether oxygens (including phenoxy) is 3. The number of hydrogen-bond donors (Lipinski definition) is 2. The Balaban J connectivity index is 1.57. The molecule has 37 heavy (non-hydrogen) atoms. The molecule has 4 rings (SSSR count). The maximum absolute atomic E-state index is 13.1. The summed E-state index contributed by atoms with van der Waals surface area (Å²) >= 11 is 5.88. The van der Waals surface area contributed by atoms with Crippen LogP contribution in [0.2, 0.25) is 0 Å². The molecule has 2 aromatic carbocycles. The van der Waals surface area contributed by atoms with Gasteiger partial charge in [0.25, 0.3) is 5.56 Å². The number of rotatable bonds is 10. The first kappa shape index (κ1) is 26.9. The van der Waals surface area contributed by atoms with Crippen molar-refractivity contribution in [3.8, 4) is 11.5 Å². The number of fused-ring (bicyclic) bond motifs is 1. The lowest BCUT2D eigenvalue weighted by Gasteiger charge is -2.30. The fourth-order valence-electron chi connectivity index (χ4n) is 4.61. The number of morpholine rings is 1. The van der Waals surface area contributed by atoms with Crippen LogP contribution in [0.5, 0.6) is 11.5 Å². The first-order valence-electron chi connectivity index (χ1n) is 12.7. The molecule has 0 aliphatic carbocycles. The van der Waals surface area contributed by atoms with Crippen LogP contribution >= 0.6 is 12.2 Å². The van der Waals surface area contributed by atoms with Gasteiger partial charge in [0.1, 0.15) is 0 Å². The molecule has 1 aromatic heterocycles. The van der Waals surface area contributed by atoms with Crippen LogP contribution in [-0.4, -0.2) is 73.5 Å². The highest BCUT2D eigenvalue weighted by Gasteiger charge is 2.17. The van der Waals surface area contributed by atoms with Crippen molar-refractivity contribution in [3.63, 3.8) is 0 Å². The summed E-state index contributed by atoms with van der Waals surface area (Å²) in [4.78, 5) is 20.6. The standard InChI is InChI=1S/C28H36N4O4S/c1-4-20-8-5-6-9-23(20)30-28(37)32(11-7-10-31-12-14-36-15-13-31)19-22-16-21-17-25(34-2)26(35-3)18-24(21)29-27(22)33/h5-6,8-9,16-18H,4,7,10-15,19H2,1-3H3,(H,29,33)(H,30,37). The van der Waals surface area contributed by atoms with E-state index < -0.39 is 0 Å². The number of H-pyrrole nitrogens is 1. The maximum atomic E-state index is 13.1. The summed E-state index contributed by atoms with van der Waals surface area (Å²) in [5.74, 6) is 1.19. The number of anilines is 1. The molecule has 0 spiro atoms. The van der Waals surface area contributed by atoms with E-state index in [2.05, 4.69) is 33.1 Å². The van der Waals surface area contributed by atoms with Crippen molar-refractivity contribution >= 4 is 33.9 Å². The fraction of sp³-hybridized carbons (Fsp3) is 0.429. The van der Waals surface area contributed by atoms with E-state index in [4.69, 9.17) is 26.4 Å². The Bertz CT molecular complexity index is 1270. The van der Waals surface area contributed by atoms with Crippen LogP contribution in [0, 0.1) is 0 Å². The largest absolute Gasteiger partial charge is 0.493 e. The van der Waals surface area contributed by atoms with Crippen LogP contribution in [0.15, 0.2) is 47.3 Å². The number of methoxy groups -OCH3 is 2. The van der Waals surface area contributed by atoms with Crippen LogP contribution in [0.3, 0.4) is 0 Å². The van der Waals surface area contributed by atoms with Crippen molar-refractivity contribution in [3.05, 3.63) is 63.9 Å². The molecule has 0 bridgehead atoms. The van der Waals surface area contributed by atoms with Crippen LogP contribution in [0.4, 0.5) is 5.69 Å². The van der Waals surface area contributed by atoms with Gasteiger partial charge in [-0.1, -0.05) is 25.1 Å². The summed E-state index contributed by atoms with van der Waals surface area (Å²) < 4.78 is 16.3. The lowest BCUT2D eigenvalue weighted by atomic mass is 10.1. The topological polar surface area (TPSA) is 79.1 Å². The second-order valence-corrected chi connectivity index (χ2v) is 9.47. The fourth-order valence-corrected chi connectivity index (χ4v) is 4.87.